The molecule has 0 saturated carbocycles. The van der Waals surface area contributed by atoms with Crippen LogP contribution in [0.2, 0.25) is 0 Å². The molecule has 0 bridgehead atoms. The molecule has 0 N–H and O–H groups in total. The van der Waals surface area contributed by atoms with Gasteiger partial charge in [-0.25, -0.2) is 4.79 Å². The number of hydrogen-bond acceptors (Lipinski definition) is 5. The zero-order chi connectivity index (χ0) is 14.8. The number of nitrogens with zero attached hydrogens (tertiary/aromatic N) is 3. The van der Waals surface area contributed by atoms with Gasteiger partial charge in [0.25, 0.3) is 0 Å². The van der Waals surface area contributed by atoms with Gasteiger partial charge in [0.2, 0.25) is 5.91 Å². The highest BCUT2D eigenvalue weighted by atomic mass is 16.6. The lowest BCUT2D eigenvalue weighted by Gasteiger charge is -2.35. The van der Waals surface area contributed by atoms with Crippen LogP contribution in [0.25, 0.3) is 0 Å². The molecule has 3 heterocycles. The quantitative estimate of drug-likeness (QED) is 0.844. The van der Waals surface area contributed by atoms with Gasteiger partial charge in [-0.3, -0.25) is 9.69 Å². The largest absolute Gasteiger partial charge is 0.448 e. The van der Waals surface area contributed by atoms with E-state index in [9.17, 15) is 9.59 Å². The fraction of sp³-hybridized carbons (Fsp3) is 0.643. The first-order valence-electron chi connectivity index (χ1n) is 7.29. The van der Waals surface area contributed by atoms with Crippen molar-refractivity contribution in [3.05, 3.63) is 17.5 Å². The molecule has 0 radical (unpaired) electrons. The third-order valence-electron chi connectivity index (χ3n) is 3.98. The first-order chi connectivity index (χ1) is 10.1. The van der Waals surface area contributed by atoms with E-state index in [4.69, 9.17) is 9.26 Å². The van der Waals surface area contributed by atoms with Crippen molar-refractivity contribution in [3.8, 4) is 0 Å². The maximum absolute atomic E-state index is 12.5. The summed E-state index contributed by atoms with van der Waals surface area (Å²) in [5.41, 5.74) is 0.796. The summed E-state index contributed by atoms with van der Waals surface area (Å²) in [6, 6.07) is 1.82. The second-order valence-electron chi connectivity index (χ2n) is 5.50. The van der Waals surface area contributed by atoms with Gasteiger partial charge in [0, 0.05) is 12.6 Å². The van der Waals surface area contributed by atoms with E-state index >= 15 is 0 Å². The van der Waals surface area contributed by atoms with Crippen molar-refractivity contribution in [3.63, 3.8) is 0 Å². The Hall–Kier alpha value is -2.05. The highest BCUT2D eigenvalue weighted by molar-refractivity contribution is 5.83. The van der Waals surface area contributed by atoms with Crippen LogP contribution in [-0.2, 0) is 9.53 Å². The third kappa shape index (κ3) is 2.86. The summed E-state index contributed by atoms with van der Waals surface area (Å²) in [5, 5.41) is 4.04. The molecule has 2 saturated heterocycles. The van der Waals surface area contributed by atoms with E-state index in [1.54, 1.807) is 0 Å². The number of aromatic nitrogens is 1. The van der Waals surface area contributed by atoms with Gasteiger partial charge >= 0.3 is 6.09 Å². The molecule has 1 aromatic rings. The molecule has 1 atom stereocenters. The molecular formula is C14H19N3O4. The molecule has 2 amide bonds. The standard InChI is InChI=1S/C14H19N3O4/c1-10-8-11(15-21-10)12-4-2-3-5-17(12)13(18)9-16-6-7-20-14(16)19/h8,12H,2-7,9H2,1H3. The van der Waals surface area contributed by atoms with Gasteiger partial charge in [-0.1, -0.05) is 5.16 Å². The Morgan fingerprint density at radius 3 is 2.95 bits per heavy atom. The molecule has 0 spiro atoms. The number of piperidine rings is 1. The Kier molecular flexibility index (Phi) is 3.81. The zero-order valence-corrected chi connectivity index (χ0v) is 12.1. The van der Waals surface area contributed by atoms with Crippen LogP contribution in [0.5, 0.6) is 0 Å². The topological polar surface area (TPSA) is 75.9 Å². The lowest BCUT2D eigenvalue weighted by molar-refractivity contribution is -0.135. The molecule has 0 aliphatic carbocycles. The molecule has 2 fully saturated rings. The summed E-state index contributed by atoms with van der Waals surface area (Å²) in [7, 11) is 0. The van der Waals surface area contributed by atoms with Crippen LogP contribution in [0.15, 0.2) is 10.6 Å². The molecule has 0 aromatic carbocycles. The van der Waals surface area contributed by atoms with Crippen molar-refractivity contribution < 1.29 is 18.8 Å². The monoisotopic (exact) mass is 293 g/mol. The first-order valence-corrected chi connectivity index (χ1v) is 7.29. The number of rotatable bonds is 3. The Morgan fingerprint density at radius 2 is 2.29 bits per heavy atom. The number of aryl methyl sites for hydroxylation is 1. The fourth-order valence-corrected chi connectivity index (χ4v) is 2.90. The molecular weight excluding hydrogens is 274 g/mol. The van der Waals surface area contributed by atoms with Gasteiger partial charge in [0.05, 0.1) is 12.6 Å². The molecule has 3 rings (SSSR count). The lowest BCUT2D eigenvalue weighted by atomic mass is 9.99. The molecule has 7 heteroatoms. The number of cyclic esters (lactones) is 1. The second-order valence-corrected chi connectivity index (χ2v) is 5.50. The van der Waals surface area contributed by atoms with Crippen molar-refractivity contribution in [2.75, 3.05) is 26.2 Å². The number of likely N-dealkylation sites (tertiary alicyclic amines) is 1. The van der Waals surface area contributed by atoms with Gasteiger partial charge in [-0.2, -0.15) is 0 Å². The van der Waals surface area contributed by atoms with Crippen LogP contribution < -0.4 is 0 Å². The van der Waals surface area contributed by atoms with Gasteiger partial charge < -0.3 is 14.2 Å². The fourth-order valence-electron chi connectivity index (χ4n) is 2.90. The maximum Gasteiger partial charge on any atom is 0.410 e. The van der Waals surface area contributed by atoms with Crippen molar-refractivity contribution in [2.24, 2.45) is 0 Å². The summed E-state index contributed by atoms with van der Waals surface area (Å²) < 4.78 is 9.98. The molecule has 7 nitrogen and oxygen atoms in total. The van der Waals surface area contributed by atoms with E-state index in [0.717, 1.165) is 30.7 Å². The SMILES string of the molecule is Cc1cc(C2CCCCN2C(=O)CN2CCOC2=O)no1. The summed E-state index contributed by atoms with van der Waals surface area (Å²) in [5.74, 6) is 0.685. The molecule has 1 unspecified atom stereocenters. The van der Waals surface area contributed by atoms with E-state index in [1.807, 2.05) is 17.9 Å². The number of ether oxygens (including phenoxy) is 1. The summed E-state index contributed by atoms with van der Waals surface area (Å²) in [6.07, 6.45) is 2.51. The Balaban J connectivity index is 1.71. The zero-order valence-electron chi connectivity index (χ0n) is 12.1. The van der Waals surface area contributed by atoms with Crippen LogP contribution in [0.4, 0.5) is 4.79 Å². The predicted octanol–water partition coefficient (Wildman–Crippen LogP) is 1.49. The number of hydrogen-bond donors (Lipinski definition) is 0. The van der Waals surface area contributed by atoms with Crippen molar-refractivity contribution in [2.45, 2.75) is 32.2 Å². The lowest BCUT2D eigenvalue weighted by Crippen LogP contribution is -2.44. The van der Waals surface area contributed by atoms with E-state index in [2.05, 4.69) is 5.16 Å². The number of carbonyl (C=O) groups excluding carboxylic acids is 2. The van der Waals surface area contributed by atoms with Crippen LogP contribution in [0.3, 0.4) is 0 Å². The van der Waals surface area contributed by atoms with Crippen LogP contribution in [-0.4, -0.2) is 53.2 Å². The molecule has 1 aromatic heterocycles. The summed E-state index contributed by atoms with van der Waals surface area (Å²) in [4.78, 5) is 27.2. The summed E-state index contributed by atoms with van der Waals surface area (Å²) >= 11 is 0. The van der Waals surface area contributed by atoms with Crippen LogP contribution >= 0.6 is 0 Å². The minimum Gasteiger partial charge on any atom is -0.448 e. The van der Waals surface area contributed by atoms with Gasteiger partial charge in [-0.05, 0) is 26.2 Å². The van der Waals surface area contributed by atoms with Crippen molar-refractivity contribution in [1.82, 2.24) is 15.0 Å². The average Bonchev–Trinajstić information content (AvgIpc) is 3.08. The van der Waals surface area contributed by atoms with Crippen molar-refractivity contribution >= 4 is 12.0 Å². The normalized spacial score (nSPS) is 22.5. The van der Waals surface area contributed by atoms with Crippen molar-refractivity contribution in [1.29, 1.82) is 0 Å². The van der Waals surface area contributed by atoms with Crippen LogP contribution in [0, 0.1) is 6.92 Å². The Labute approximate surface area is 122 Å². The third-order valence-corrected chi connectivity index (χ3v) is 3.98. The average molecular weight is 293 g/mol. The van der Waals surface area contributed by atoms with Gasteiger partial charge in [0.15, 0.2) is 0 Å². The smallest absolute Gasteiger partial charge is 0.410 e. The number of amides is 2. The molecule has 114 valence electrons. The Bertz CT molecular complexity index is 542. The van der Waals surface area contributed by atoms with Gasteiger partial charge in [0.1, 0.15) is 24.6 Å². The van der Waals surface area contributed by atoms with Gasteiger partial charge in [-0.15, -0.1) is 0 Å². The van der Waals surface area contributed by atoms with E-state index < -0.39 is 6.09 Å². The molecule has 2 aliphatic heterocycles. The van der Waals surface area contributed by atoms with Crippen LogP contribution in [0.1, 0.15) is 36.8 Å². The first kappa shape index (κ1) is 13.9. The van der Waals surface area contributed by atoms with E-state index in [0.29, 0.717) is 19.7 Å². The molecule has 21 heavy (non-hydrogen) atoms. The second kappa shape index (κ2) is 5.75. The minimum atomic E-state index is -0.408. The minimum absolute atomic E-state index is 0.0534. The Morgan fingerprint density at radius 1 is 1.43 bits per heavy atom. The maximum atomic E-state index is 12.5. The van der Waals surface area contributed by atoms with E-state index in [-0.39, 0.29) is 18.5 Å². The molecule has 2 aliphatic rings. The highest BCUT2D eigenvalue weighted by Gasteiger charge is 2.33. The van der Waals surface area contributed by atoms with E-state index in [1.165, 1.54) is 4.90 Å². The predicted molar refractivity (Wildman–Crippen MR) is 72.5 cm³/mol. The highest BCUT2D eigenvalue weighted by Crippen LogP contribution is 2.30. The number of carbonyl (C=O) groups is 2. The summed E-state index contributed by atoms with van der Waals surface area (Å²) in [6.45, 7) is 3.44.